The molecule has 4 aromatic rings. The first kappa shape index (κ1) is 29.4. The molecule has 5 rings (SSSR count). The van der Waals surface area contributed by atoms with Crippen molar-refractivity contribution in [2.75, 3.05) is 6.61 Å². The van der Waals surface area contributed by atoms with E-state index in [4.69, 9.17) is 18.6 Å². The lowest BCUT2D eigenvalue weighted by Gasteiger charge is -2.39. The molecule has 0 bridgehead atoms. The molecule has 3 aromatic carbocycles. The number of aromatic hydroxyl groups is 4. The summed E-state index contributed by atoms with van der Waals surface area (Å²) in [6.45, 7) is -0.583. The van der Waals surface area contributed by atoms with E-state index in [9.17, 15) is 45.3 Å². The van der Waals surface area contributed by atoms with Gasteiger partial charge in [0.1, 0.15) is 65.0 Å². The molecule has 1 fully saturated rings. The Bertz CT molecular complexity index is 1710. The minimum absolute atomic E-state index is 0.0495. The van der Waals surface area contributed by atoms with Crippen molar-refractivity contribution < 1.29 is 59.2 Å². The van der Waals surface area contributed by atoms with Gasteiger partial charge in [0.25, 0.3) is 0 Å². The van der Waals surface area contributed by atoms with Gasteiger partial charge in [0.15, 0.2) is 5.76 Å². The van der Waals surface area contributed by atoms with Crippen molar-refractivity contribution in [3.05, 3.63) is 82.5 Å². The molecule has 5 unspecified atom stereocenters. The summed E-state index contributed by atoms with van der Waals surface area (Å²) < 4.78 is 22.2. The molecule has 224 valence electrons. The van der Waals surface area contributed by atoms with Crippen LogP contribution in [-0.2, 0) is 14.3 Å². The van der Waals surface area contributed by atoms with E-state index in [1.165, 1.54) is 42.5 Å². The van der Waals surface area contributed by atoms with Gasteiger partial charge in [-0.3, -0.25) is 4.79 Å². The third-order valence-corrected chi connectivity index (χ3v) is 6.64. The van der Waals surface area contributed by atoms with E-state index in [-0.39, 0.29) is 33.8 Å². The number of esters is 1. The SMILES string of the molecule is O=C(/C=C/c1ccc(O)cc1)OCC1OC(Oc2c(-c3ccc(O)cc3)oc3cc(O)cc(O)c3c2=O)C(O)C(O)C1O. The predicted octanol–water partition coefficient (Wildman–Crippen LogP) is 1.73. The highest BCUT2D eigenvalue weighted by atomic mass is 16.7. The number of aliphatic hydroxyl groups is 3. The molecule has 1 saturated heterocycles. The van der Waals surface area contributed by atoms with E-state index in [1.54, 1.807) is 12.1 Å². The van der Waals surface area contributed by atoms with Crippen molar-refractivity contribution in [1.82, 2.24) is 0 Å². The minimum atomic E-state index is -1.90. The summed E-state index contributed by atoms with van der Waals surface area (Å²) in [5.41, 5.74) is -0.328. The number of phenols is 4. The molecule has 0 saturated carbocycles. The summed E-state index contributed by atoms with van der Waals surface area (Å²) in [5.74, 6) is -2.70. The molecule has 0 spiro atoms. The normalized spacial score (nSPS) is 22.1. The lowest BCUT2D eigenvalue weighted by molar-refractivity contribution is -0.278. The first-order chi connectivity index (χ1) is 20.5. The van der Waals surface area contributed by atoms with E-state index in [0.717, 1.165) is 18.2 Å². The summed E-state index contributed by atoms with van der Waals surface area (Å²) >= 11 is 0. The van der Waals surface area contributed by atoms with Gasteiger partial charge in [0, 0.05) is 23.8 Å². The van der Waals surface area contributed by atoms with E-state index in [0.29, 0.717) is 5.56 Å². The van der Waals surface area contributed by atoms with Crippen LogP contribution in [-0.4, -0.2) is 79.0 Å². The zero-order valence-corrected chi connectivity index (χ0v) is 22.1. The number of fused-ring (bicyclic) bond motifs is 1. The summed E-state index contributed by atoms with van der Waals surface area (Å²) in [5, 5.41) is 70.6. The van der Waals surface area contributed by atoms with Gasteiger partial charge < -0.3 is 54.4 Å². The van der Waals surface area contributed by atoms with Gasteiger partial charge in [-0.2, -0.15) is 0 Å². The van der Waals surface area contributed by atoms with Crippen molar-refractivity contribution in [1.29, 1.82) is 0 Å². The number of hydrogen-bond donors (Lipinski definition) is 7. The zero-order chi connectivity index (χ0) is 30.8. The van der Waals surface area contributed by atoms with Crippen LogP contribution >= 0.6 is 0 Å². The third kappa shape index (κ3) is 6.24. The Kier molecular flexibility index (Phi) is 8.23. The highest BCUT2D eigenvalue weighted by molar-refractivity contribution is 5.88. The summed E-state index contributed by atoms with van der Waals surface area (Å²) in [6.07, 6.45) is -6.17. The molecule has 1 aliphatic heterocycles. The Balaban J connectivity index is 1.42. The van der Waals surface area contributed by atoms with Gasteiger partial charge in [-0.1, -0.05) is 12.1 Å². The van der Waals surface area contributed by atoms with Gasteiger partial charge in [-0.05, 0) is 48.0 Å². The number of phenolic OH excluding ortho intramolecular Hbond substituents is 4. The number of benzene rings is 3. The van der Waals surface area contributed by atoms with Crippen LogP contribution in [0.15, 0.2) is 76.0 Å². The monoisotopic (exact) mass is 594 g/mol. The maximum absolute atomic E-state index is 13.5. The molecule has 43 heavy (non-hydrogen) atoms. The van der Waals surface area contributed by atoms with E-state index >= 15 is 0 Å². The fourth-order valence-electron chi connectivity index (χ4n) is 4.41. The Morgan fingerprint density at radius 2 is 1.49 bits per heavy atom. The number of rotatable bonds is 7. The predicted molar refractivity (Wildman–Crippen MR) is 148 cm³/mol. The maximum Gasteiger partial charge on any atom is 0.330 e. The summed E-state index contributed by atoms with van der Waals surface area (Å²) in [6, 6.07) is 13.4. The van der Waals surface area contributed by atoms with Gasteiger partial charge in [-0.25, -0.2) is 4.79 Å². The van der Waals surface area contributed by atoms with Gasteiger partial charge in [0.2, 0.25) is 17.5 Å². The first-order valence-corrected chi connectivity index (χ1v) is 12.8. The number of carbonyl (C=O) groups excluding carboxylic acids is 1. The molecular weight excluding hydrogens is 568 g/mol. The van der Waals surface area contributed by atoms with Crippen molar-refractivity contribution >= 4 is 23.0 Å². The quantitative estimate of drug-likeness (QED) is 0.120. The molecule has 1 aliphatic rings. The van der Waals surface area contributed by atoms with Crippen molar-refractivity contribution in [3.8, 4) is 40.1 Å². The lowest BCUT2D eigenvalue weighted by atomic mass is 9.99. The fraction of sp³-hybridized carbons (Fsp3) is 0.200. The third-order valence-electron chi connectivity index (χ3n) is 6.64. The standard InChI is InChI=1S/C30H26O13/c31-16-6-1-14(2-7-16)3-10-22(35)40-13-21-24(36)26(38)27(39)30(42-21)43-29-25(37)23-19(34)11-18(33)12-20(23)41-28(29)15-4-8-17(32)9-5-15/h1-12,21,24,26-27,30-34,36,38-39H,13H2/b10-3+. The average molecular weight is 595 g/mol. The molecule has 0 radical (unpaired) electrons. The Morgan fingerprint density at radius 3 is 2.16 bits per heavy atom. The van der Waals surface area contributed by atoms with Crippen LogP contribution < -0.4 is 10.2 Å². The van der Waals surface area contributed by atoms with Crippen molar-refractivity contribution in [2.24, 2.45) is 0 Å². The van der Waals surface area contributed by atoms with Crippen LogP contribution in [0.5, 0.6) is 28.7 Å². The molecular formula is C30H26O13. The smallest absolute Gasteiger partial charge is 0.330 e. The minimum Gasteiger partial charge on any atom is -0.508 e. The molecule has 13 heteroatoms. The van der Waals surface area contributed by atoms with E-state index < -0.39 is 66.0 Å². The van der Waals surface area contributed by atoms with Crippen LogP contribution in [0.4, 0.5) is 0 Å². The second-order valence-electron chi connectivity index (χ2n) is 9.66. The second-order valence-corrected chi connectivity index (χ2v) is 9.66. The highest BCUT2D eigenvalue weighted by Gasteiger charge is 2.46. The molecule has 1 aromatic heterocycles. The molecule has 5 atom stereocenters. The summed E-state index contributed by atoms with van der Waals surface area (Å²) in [7, 11) is 0. The van der Waals surface area contributed by atoms with Crippen LogP contribution in [0.1, 0.15) is 5.56 Å². The topological polar surface area (TPSA) is 217 Å². The van der Waals surface area contributed by atoms with Gasteiger partial charge >= 0.3 is 5.97 Å². The maximum atomic E-state index is 13.5. The van der Waals surface area contributed by atoms with Crippen molar-refractivity contribution in [2.45, 2.75) is 30.7 Å². The number of carbonyl (C=O) groups is 1. The largest absolute Gasteiger partial charge is 0.508 e. The summed E-state index contributed by atoms with van der Waals surface area (Å²) in [4.78, 5) is 25.8. The van der Waals surface area contributed by atoms with Crippen LogP contribution in [0.3, 0.4) is 0 Å². The molecule has 0 aliphatic carbocycles. The van der Waals surface area contributed by atoms with Crippen LogP contribution in [0.2, 0.25) is 0 Å². The molecule has 13 nitrogen and oxygen atoms in total. The number of aliphatic hydroxyl groups excluding tert-OH is 3. The van der Waals surface area contributed by atoms with Crippen LogP contribution in [0.25, 0.3) is 28.4 Å². The van der Waals surface area contributed by atoms with Crippen molar-refractivity contribution in [3.63, 3.8) is 0 Å². The molecule has 0 amide bonds. The zero-order valence-electron chi connectivity index (χ0n) is 22.1. The Morgan fingerprint density at radius 1 is 0.837 bits per heavy atom. The highest BCUT2D eigenvalue weighted by Crippen LogP contribution is 2.37. The Hall–Kier alpha value is -5.08. The first-order valence-electron chi connectivity index (χ1n) is 12.8. The van der Waals surface area contributed by atoms with Gasteiger partial charge in [-0.15, -0.1) is 0 Å². The Labute approximate surface area is 242 Å². The van der Waals surface area contributed by atoms with E-state index in [1.807, 2.05) is 0 Å². The lowest BCUT2D eigenvalue weighted by Crippen LogP contribution is -2.60. The van der Waals surface area contributed by atoms with Gasteiger partial charge in [0.05, 0.1) is 0 Å². The average Bonchev–Trinajstić information content (AvgIpc) is 2.97. The molecule has 7 N–H and O–H groups in total. The second kappa shape index (κ2) is 12.0. The fourth-order valence-corrected chi connectivity index (χ4v) is 4.41. The number of hydrogen-bond acceptors (Lipinski definition) is 13. The van der Waals surface area contributed by atoms with E-state index in [2.05, 4.69) is 0 Å². The van der Waals surface area contributed by atoms with Crippen LogP contribution in [0, 0.1) is 0 Å². The molecule has 2 heterocycles. The number of ether oxygens (including phenoxy) is 3.